The maximum absolute atomic E-state index is 11.7. The lowest BCUT2D eigenvalue weighted by molar-refractivity contribution is 0.101. The van der Waals surface area contributed by atoms with Gasteiger partial charge >= 0.3 is 0 Å². The van der Waals surface area contributed by atoms with Crippen LogP contribution in [0, 0.1) is 13.8 Å². The van der Waals surface area contributed by atoms with Crippen molar-refractivity contribution in [2.75, 3.05) is 36.0 Å². The van der Waals surface area contributed by atoms with Crippen LogP contribution in [0.5, 0.6) is 0 Å². The number of anilines is 2. The minimum absolute atomic E-state index is 0.00628. The van der Waals surface area contributed by atoms with Gasteiger partial charge in [-0.15, -0.1) is 0 Å². The van der Waals surface area contributed by atoms with Crippen molar-refractivity contribution in [3.63, 3.8) is 0 Å². The minimum atomic E-state index is 0.00628. The van der Waals surface area contributed by atoms with Crippen LogP contribution in [0.4, 0.5) is 11.5 Å². The molecule has 28 heavy (non-hydrogen) atoms. The highest BCUT2D eigenvalue weighted by molar-refractivity contribution is 5.95. The van der Waals surface area contributed by atoms with Crippen molar-refractivity contribution >= 4 is 17.3 Å². The van der Waals surface area contributed by atoms with Gasteiger partial charge in [0.25, 0.3) is 0 Å². The van der Waals surface area contributed by atoms with E-state index in [0.29, 0.717) is 17.2 Å². The molecule has 7 nitrogen and oxygen atoms in total. The molecule has 1 fully saturated rings. The van der Waals surface area contributed by atoms with Gasteiger partial charge in [0.05, 0.1) is 17.5 Å². The van der Waals surface area contributed by atoms with Crippen LogP contribution in [-0.4, -0.2) is 51.7 Å². The molecule has 0 saturated carbocycles. The fraction of sp³-hybridized carbons (Fsp3) is 0.333. The maximum atomic E-state index is 11.7. The Kier molecular flexibility index (Phi) is 4.81. The van der Waals surface area contributed by atoms with Gasteiger partial charge in [-0.3, -0.25) is 4.79 Å². The number of aryl methyl sites for hydroxylation is 1. The molecule has 3 heterocycles. The smallest absolute Gasteiger partial charge is 0.163 e. The van der Waals surface area contributed by atoms with E-state index in [1.165, 1.54) is 5.69 Å². The molecular formula is C21H24N6O. The number of hydrogen-bond donors (Lipinski definition) is 0. The fourth-order valence-electron chi connectivity index (χ4n) is 3.63. The molecule has 0 aliphatic carbocycles. The van der Waals surface area contributed by atoms with Crippen molar-refractivity contribution in [1.82, 2.24) is 19.7 Å². The Morgan fingerprint density at radius 1 is 0.929 bits per heavy atom. The Labute approximate surface area is 164 Å². The molecule has 4 rings (SSSR count). The lowest BCUT2D eigenvalue weighted by Gasteiger charge is -2.36. The molecule has 1 aliphatic heterocycles. The Morgan fingerprint density at radius 3 is 2.21 bits per heavy atom. The lowest BCUT2D eigenvalue weighted by Crippen LogP contribution is -2.47. The zero-order chi connectivity index (χ0) is 19.7. The summed E-state index contributed by atoms with van der Waals surface area (Å²) in [6.45, 7) is 8.99. The number of benzene rings is 1. The van der Waals surface area contributed by atoms with Crippen molar-refractivity contribution in [1.29, 1.82) is 0 Å². The quantitative estimate of drug-likeness (QED) is 0.653. The first-order valence-electron chi connectivity index (χ1n) is 9.49. The number of rotatable bonds is 4. The second-order valence-electron chi connectivity index (χ2n) is 7.05. The van der Waals surface area contributed by atoms with Crippen LogP contribution in [0.3, 0.4) is 0 Å². The standard InChI is InChI=1S/C21H24N6O/c1-15-19(16(2)28)14-22-27(15)21-13-20(23-17(3)24-21)26-11-9-25(10-12-26)18-7-5-4-6-8-18/h4-8,13-14H,9-12H2,1-3H3. The van der Waals surface area contributed by atoms with E-state index in [9.17, 15) is 4.79 Å². The second kappa shape index (κ2) is 7.42. The summed E-state index contributed by atoms with van der Waals surface area (Å²) in [6.07, 6.45) is 1.60. The highest BCUT2D eigenvalue weighted by Gasteiger charge is 2.20. The molecular weight excluding hydrogens is 352 g/mol. The zero-order valence-corrected chi connectivity index (χ0v) is 16.5. The van der Waals surface area contributed by atoms with Gasteiger partial charge in [0.2, 0.25) is 0 Å². The molecule has 1 aromatic carbocycles. The molecule has 0 unspecified atom stereocenters. The number of carbonyl (C=O) groups is 1. The number of aromatic nitrogens is 4. The number of hydrogen-bond acceptors (Lipinski definition) is 6. The third kappa shape index (κ3) is 3.47. The first-order valence-corrected chi connectivity index (χ1v) is 9.49. The van der Waals surface area contributed by atoms with Gasteiger partial charge in [0.1, 0.15) is 11.6 Å². The first kappa shape index (κ1) is 18.2. The Hall–Kier alpha value is -3.22. The summed E-state index contributed by atoms with van der Waals surface area (Å²) in [5, 5.41) is 4.37. The highest BCUT2D eigenvalue weighted by atomic mass is 16.1. The van der Waals surface area contributed by atoms with Crippen molar-refractivity contribution in [2.45, 2.75) is 20.8 Å². The average molecular weight is 376 g/mol. The van der Waals surface area contributed by atoms with E-state index < -0.39 is 0 Å². The van der Waals surface area contributed by atoms with E-state index in [4.69, 9.17) is 0 Å². The summed E-state index contributed by atoms with van der Waals surface area (Å²) >= 11 is 0. The number of Topliss-reactive ketones (excluding diaryl/α,β-unsaturated/α-hetero) is 1. The van der Waals surface area contributed by atoms with Gasteiger partial charge < -0.3 is 9.80 Å². The summed E-state index contributed by atoms with van der Waals surface area (Å²) in [4.78, 5) is 25.6. The number of nitrogens with zero attached hydrogens (tertiary/aromatic N) is 6. The summed E-state index contributed by atoms with van der Waals surface area (Å²) in [5.74, 6) is 2.29. The van der Waals surface area contributed by atoms with E-state index in [2.05, 4.69) is 49.1 Å². The van der Waals surface area contributed by atoms with Gasteiger partial charge in [-0.05, 0) is 32.9 Å². The number of para-hydroxylation sites is 1. The SMILES string of the molecule is CC(=O)c1cnn(-c2cc(N3CCN(c4ccccc4)CC3)nc(C)n2)c1C. The largest absolute Gasteiger partial charge is 0.368 e. The first-order chi connectivity index (χ1) is 13.5. The molecule has 0 bridgehead atoms. The molecule has 1 saturated heterocycles. The Bertz CT molecular complexity index is 989. The van der Waals surface area contributed by atoms with E-state index in [1.807, 2.05) is 26.0 Å². The van der Waals surface area contributed by atoms with Crippen molar-refractivity contribution in [3.05, 3.63) is 59.7 Å². The summed E-state index contributed by atoms with van der Waals surface area (Å²) in [6, 6.07) is 12.4. The van der Waals surface area contributed by atoms with Crippen LogP contribution in [-0.2, 0) is 0 Å². The van der Waals surface area contributed by atoms with Crippen LogP contribution in [0.25, 0.3) is 5.82 Å². The third-order valence-corrected chi connectivity index (χ3v) is 5.14. The summed E-state index contributed by atoms with van der Waals surface area (Å²) in [5.41, 5.74) is 2.67. The van der Waals surface area contributed by atoms with Gasteiger partial charge in [-0.25, -0.2) is 14.6 Å². The average Bonchev–Trinajstić information content (AvgIpc) is 3.10. The van der Waals surface area contributed by atoms with E-state index in [-0.39, 0.29) is 5.78 Å². The molecule has 7 heteroatoms. The minimum Gasteiger partial charge on any atom is -0.368 e. The number of carbonyl (C=O) groups excluding carboxylic acids is 1. The Morgan fingerprint density at radius 2 is 1.57 bits per heavy atom. The molecule has 144 valence electrons. The van der Waals surface area contributed by atoms with Crippen LogP contribution < -0.4 is 9.80 Å². The van der Waals surface area contributed by atoms with Crippen LogP contribution >= 0.6 is 0 Å². The van der Waals surface area contributed by atoms with E-state index >= 15 is 0 Å². The van der Waals surface area contributed by atoms with E-state index in [0.717, 1.165) is 37.7 Å². The maximum Gasteiger partial charge on any atom is 0.163 e. The van der Waals surface area contributed by atoms with Crippen LogP contribution in [0.15, 0.2) is 42.6 Å². The highest BCUT2D eigenvalue weighted by Crippen LogP contribution is 2.21. The number of piperazine rings is 1. The summed E-state index contributed by atoms with van der Waals surface area (Å²) in [7, 11) is 0. The fourth-order valence-corrected chi connectivity index (χ4v) is 3.63. The van der Waals surface area contributed by atoms with Crippen LogP contribution in [0.1, 0.15) is 28.8 Å². The van der Waals surface area contributed by atoms with E-state index in [1.54, 1.807) is 17.8 Å². The molecule has 2 aromatic heterocycles. The molecule has 0 spiro atoms. The van der Waals surface area contributed by atoms with Crippen LogP contribution in [0.2, 0.25) is 0 Å². The van der Waals surface area contributed by atoms with Gasteiger partial charge in [0.15, 0.2) is 11.6 Å². The van der Waals surface area contributed by atoms with Crippen molar-refractivity contribution in [2.24, 2.45) is 0 Å². The topological polar surface area (TPSA) is 67.2 Å². The molecule has 0 radical (unpaired) electrons. The molecule has 0 atom stereocenters. The monoisotopic (exact) mass is 376 g/mol. The molecule has 0 amide bonds. The molecule has 0 N–H and O–H groups in total. The van der Waals surface area contributed by atoms with Gasteiger partial charge in [-0.2, -0.15) is 5.10 Å². The van der Waals surface area contributed by atoms with Crippen molar-refractivity contribution < 1.29 is 4.79 Å². The van der Waals surface area contributed by atoms with Gasteiger partial charge in [-0.1, -0.05) is 18.2 Å². The predicted molar refractivity (Wildman–Crippen MR) is 110 cm³/mol. The number of ketones is 1. The van der Waals surface area contributed by atoms with Gasteiger partial charge in [0, 0.05) is 37.9 Å². The summed E-state index contributed by atoms with van der Waals surface area (Å²) < 4.78 is 1.72. The normalized spacial score (nSPS) is 14.4. The zero-order valence-electron chi connectivity index (χ0n) is 16.5. The Balaban J connectivity index is 1.56. The predicted octanol–water partition coefficient (Wildman–Crippen LogP) is 2.81. The van der Waals surface area contributed by atoms with Crippen molar-refractivity contribution in [3.8, 4) is 5.82 Å². The molecule has 3 aromatic rings. The third-order valence-electron chi connectivity index (χ3n) is 5.14. The lowest BCUT2D eigenvalue weighted by atomic mass is 10.2. The molecule has 1 aliphatic rings. The second-order valence-corrected chi connectivity index (χ2v) is 7.05.